The van der Waals surface area contributed by atoms with Gasteiger partial charge in [-0.1, -0.05) is 0 Å². The lowest BCUT2D eigenvalue weighted by Crippen LogP contribution is -2.57. The van der Waals surface area contributed by atoms with Gasteiger partial charge in [-0.25, -0.2) is 4.39 Å². The third-order valence-corrected chi connectivity index (χ3v) is 3.85. The molecule has 0 aliphatic carbocycles. The van der Waals surface area contributed by atoms with Crippen molar-refractivity contribution >= 4 is 18.3 Å². The van der Waals surface area contributed by atoms with Crippen LogP contribution in [0.2, 0.25) is 0 Å². The molecule has 1 aliphatic heterocycles. The number of ether oxygens (including phenoxy) is 1. The fourth-order valence-corrected chi connectivity index (χ4v) is 2.54. The lowest BCUT2D eigenvalue weighted by Gasteiger charge is -2.35. The highest BCUT2D eigenvalue weighted by molar-refractivity contribution is 5.94. The van der Waals surface area contributed by atoms with Crippen molar-refractivity contribution in [3.05, 3.63) is 29.6 Å². The Kier molecular flexibility index (Phi) is 7.91. The summed E-state index contributed by atoms with van der Waals surface area (Å²) < 4.78 is 58.3. The summed E-state index contributed by atoms with van der Waals surface area (Å²) in [5, 5.41) is 5.15. The van der Waals surface area contributed by atoms with E-state index in [1.165, 1.54) is 24.1 Å². The summed E-state index contributed by atoms with van der Waals surface area (Å²) in [6.45, 7) is 0.739. The zero-order chi connectivity index (χ0) is 17.7. The van der Waals surface area contributed by atoms with Crippen LogP contribution in [0.15, 0.2) is 18.2 Å². The van der Waals surface area contributed by atoms with Gasteiger partial charge in [-0.05, 0) is 12.1 Å². The lowest BCUT2D eigenvalue weighted by atomic mass is 10.1. The molecule has 142 valence electrons. The van der Waals surface area contributed by atoms with E-state index in [0.29, 0.717) is 13.1 Å². The van der Waals surface area contributed by atoms with Crippen LogP contribution in [0.4, 0.5) is 17.6 Å². The van der Waals surface area contributed by atoms with Crippen molar-refractivity contribution in [3.8, 4) is 5.75 Å². The van der Waals surface area contributed by atoms with Gasteiger partial charge >= 0.3 is 6.18 Å². The first kappa shape index (κ1) is 21.5. The molecule has 0 bridgehead atoms. The molecule has 1 amide bonds. The van der Waals surface area contributed by atoms with E-state index in [1.807, 2.05) is 0 Å². The molecule has 0 radical (unpaired) electrons. The Morgan fingerprint density at radius 1 is 1.36 bits per heavy atom. The van der Waals surface area contributed by atoms with Crippen molar-refractivity contribution in [2.24, 2.45) is 0 Å². The Bertz CT molecular complexity index is 580. The molecule has 1 heterocycles. The highest BCUT2D eigenvalue weighted by Crippen LogP contribution is 2.25. The molecule has 0 aromatic heterocycles. The number of hydrogen-bond donors (Lipinski definition) is 2. The number of hydrogen-bond acceptors (Lipinski definition) is 4. The number of halogens is 5. The average Bonchev–Trinajstić information content (AvgIpc) is 2.54. The van der Waals surface area contributed by atoms with Gasteiger partial charge in [-0.15, -0.1) is 12.4 Å². The summed E-state index contributed by atoms with van der Waals surface area (Å²) in [4.78, 5) is 13.3. The zero-order valence-corrected chi connectivity index (χ0v) is 14.3. The first-order valence-corrected chi connectivity index (χ1v) is 7.46. The van der Waals surface area contributed by atoms with Crippen LogP contribution in [-0.2, 0) is 0 Å². The molecule has 1 unspecified atom stereocenters. The normalized spacial score (nSPS) is 16.7. The molecule has 10 heteroatoms. The van der Waals surface area contributed by atoms with E-state index < -0.39 is 30.5 Å². The van der Waals surface area contributed by atoms with Crippen LogP contribution >= 0.6 is 12.4 Å². The molecule has 1 aromatic rings. The van der Waals surface area contributed by atoms with Crippen molar-refractivity contribution in [1.82, 2.24) is 15.5 Å². The highest BCUT2D eigenvalue weighted by atomic mass is 35.5. The number of rotatable bonds is 5. The first-order valence-electron chi connectivity index (χ1n) is 7.46. The number of piperazine rings is 1. The predicted molar refractivity (Wildman–Crippen MR) is 86.8 cm³/mol. The van der Waals surface area contributed by atoms with Crippen LogP contribution in [-0.4, -0.2) is 62.9 Å². The van der Waals surface area contributed by atoms with E-state index in [-0.39, 0.29) is 36.8 Å². The molecule has 5 nitrogen and oxygen atoms in total. The molecule has 1 saturated heterocycles. The van der Waals surface area contributed by atoms with E-state index in [9.17, 15) is 22.4 Å². The summed E-state index contributed by atoms with van der Waals surface area (Å²) in [5.74, 6) is -1.52. The summed E-state index contributed by atoms with van der Waals surface area (Å²) in [7, 11) is 1.34. The summed E-state index contributed by atoms with van der Waals surface area (Å²) in [6, 6.07) is 1.75. The van der Waals surface area contributed by atoms with Crippen LogP contribution in [0.5, 0.6) is 5.75 Å². The van der Waals surface area contributed by atoms with Gasteiger partial charge in [0.05, 0.1) is 12.7 Å². The van der Waals surface area contributed by atoms with Crippen molar-refractivity contribution in [3.63, 3.8) is 0 Å². The van der Waals surface area contributed by atoms with Gasteiger partial charge in [-0.3, -0.25) is 9.69 Å². The number of nitrogens with one attached hydrogen (secondary N) is 2. The Labute approximate surface area is 149 Å². The monoisotopic (exact) mass is 385 g/mol. The molecule has 1 atom stereocenters. The van der Waals surface area contributed by atoms with Gasteiger partial charge < -0.3 is 15.4 Å². The molecule has 0 saturated carbocycles. The molecule has 25 heavy (non-hydrogen) atoms. The van der Waals surface area contributed by atoms with Gasteiger partial charge in [0.2, 0.25) is 0 Å². The average molecular weight is 386 g/mol. The second-order valence-electron chi connectivity index (χ2n) is 5.40. The maximum Gasteiger partial charge on any atom is 0.405 e. The van der Waals surface area contributed by atoms with Gasteiger partial charge in [0.25, 0.3) is 5.91 Å². The number of nitrogens with zero attached hydrogens (tertiary/aromatic N) is 1. The van der Waals surface area contributed by atoms with Crippen LogP contribution in [0.3, 0.4) is 0 Å². The van der Waals surface area contributed by atoms with Crippen LogP contribution in [0.1, 0.15) is 10.4 Å². The third-order valence-electron chi connectivity index (χ3n) is 3.85. The number of alkyl halides is 3. The molecule has 1 fully saturated rings. The molecule has 1 aliphatic rings. The van der Waals surface area contributed by atoms with E-state index in [1.54, 1.807) is 0 Å². The van der Waals surface area contributed by atoms with Gasteiger partial charge in [0.1, 0.15) is 17.6 Å². The SMILES string of the molecule is COc1ccc(C(=O)NCC(N2CCNCC2)C(F)(F)F)c(F)c1.Cl. The van der Waals surface area contributed by atoms with Crippen molar-refractivity contribution in [2.45, 2.75) is 12.2 Å². The van der Waals surface area contributed by atoms with E-state index in [4.69, 9.17) is 4.74 Å². The number of benzene rings is 1. The summed E-state index contributed by atoms with van der Waals surface area (Å²) in [6.07, 6.45) is -4.48. The van der Waals surface area contributed by atoms with E-state index in [0.717, 1.165) is 6.07 Å². The minimum Gasteiger partial charge on any atom is -0.497 e. The Morgan fingerprint density at radius 2 is 2.00 bits per heavy atom. The zero-order valence-electron chi connectivity index (χ0n) is 13.5. The topological polar surface area (TPSA) is 53.6 Å². The molecular weight excluding hydrogens is 366 g/mol. The number of methoxy groups -OCH3 is 1. The van der Waals surface area contributed by atoms with Crippen LogP contribution < -0.4 is 15.4 Å². The standard InChI is InChI=1S/C15H19F4N3O2.ClH/c1-24-10-2-3-11(12(16)8-10)14(23)21-9-13(15(17,18)19)22-6-4-20-5-7-22;/h2-3,8,13,20H,4-7,9H2,1H3,(H,21,23);1H. The van der Waals surface area contributed by atoms with E-state index >= 15 is 0 Å². The number of carbonyl (C=O) groups is 1. The first-order chi connectivity index (χ1) is 11.3. The second kappa shape index (κ2) is 9.21. The van der Waals surface area contributed by atoms with E-state index in [2.05, 4.69) is 10.6 Å². The Balaban J connectivity index is 0.00000312. The molecule has 1 aromatic carbocycles. The highest BCUT2D eigenvalue weighted by Gasteiger charge is 2.43. The fraction of sp³-hybridized carbons (Fsp3) is 0.533. The quantitative estimate of drug-likeness (QED) is 0.759. The molecule has 2 N–H and O–H groups in total. The maximum atomic E-state index is 13.8. The largest absolute Gasteiger partial charge is 0.497 e. The Hall–Kier alpha value is -1.58. The minimum absolute atomic E-state index is 0. The molecular formula is C15H20ClF4N3O2. The van der Waals surface area contributed by atoms with Gasteiger partial charge in [0, 0.05) is 38.8 Å². The Morgan fingerprint density at radius 3 is 2.52 bits per heavy atom. The summed E-state index contributed by atoms with van der Waals surface area (Å²) >= 11 is 0. The lowest BCUT2D eigenvalue weighted by molar-refractivity contribution is -0.183. The van der Waals surface area contributed by atoms with Crippen LogP contribution in [0.25, 0.3) is 0 Å². The van der Waals surface area contributed by atoms with Crippen molar-refractivity contribution in [2.75, 3.05) is 39.8 Å². The third kappa shape index (κ3) is 5.72. The molecule has 0 spiro atoms. The maximum absolute atomic E-state index is 13.8. The summed E-state index contributed by atoms with van der Waals surface area (Å²) in [5.41, 5.74) is -0.322. The smallest absolute Gasteiger partial charge is 0.405 e. The van der Waals surface area contributed by atoms with Gasteiger partial charge in [-0.2, -0.15) is 13.2 Å². The fourth-order valence-electron chi connectivity index (χ4n) is 2.54. The number of amides is 1. The second-order valence-corrected chi connectivity index (χ2v) is 5.40. The van der Waals surface area contributed by atoms with Crippen LogP contribution in [0, 0.1) is 5.82 Å². The predicted octanol–water partition coefficient (Wildman–Crippen LogP) is 1.82. The number of carbonyl (C=O) groups excluding carboxylic acids is 1. The minimum atomic E-state index is -4.48. The van der Waals surface area contributed by atoms with Crippen molar-refractivity contribution in [1.29, 1.82) is 0 Å². The van der Waals surface area contributed by atoms with Crippen molar-refractivity contribution < 1.29 is 27.1 Å². The van der Waals surface area contributed by atoms with Gasteiger partial charge in [0.15, 0.2) is 0 Å². The molecule has 2 rings (SSSR count).